The molecule has 0 aliphatic carbocycles. The largest absolute Gasteiger partial charge is 0.388 e. The number of methoxy groups -OCH3 is 1. The Labute approximate surface area is 108 Å². The van der Waals surface area contributed by atoms with E-state index in [0.29, 0.717) is 13.0 Å². The quantitative estimate of drug-likeness (QED) is 0.504. The van der Waals surface area contributed by atoms with Gasteiger partial charge in [-0.05, 0) is 18.1 Å². The second-order valence-corrected chi connectivity index (χ2v) is 4.22. The summed E-state index contributed by atoms with van der Waals surface area (Å²) in [6.45, 7) is 3.30. The van der Waals surface area contributed by atoms with Gasteiger partial charge in [0.25, 0.3) is 0 Å². The van der Waals surface area contributed by atoms with Gasteiger partial charge in [-0.25, -0.2) is 0 Å². The topological polar surface area (TPSA) is 75.2 Å². The van der Waals surface area contributed by atoms with E-state index in [9.17, 15) is 0 Å². The second-order valence-electron chi connectivity index (χ2n) is 4.22. The minimum Gasteiger partial charge on any atom is -0.388 e. The molecule has 0 fully saturated rings. The number of amidine groups is 1. The molecule has 1 heterocycles. The third-order valence-electron chi connectivity index (χ3n) is 2.75. The Morgan fingerprint density at radius 1 is 1.44 bits per heavy atom. The lowest BCUT2D eigenvalue weighted by atomic mass is 10.2. The molecule has 0 amide bonds. The van der Waals surface area contributed by atoms with E-state index >= 15 is 0 Å². The van der Waals surface area contributed by atoms with E-state index in [2.05, 4.69) is 16.0 Å². The maximum atomic E-state index is 7.27. The first-order chi connectivity index (χ1) is 8.72. The maximum Gasteiger partial charge on any atom is 0.0918 e. The molecule has 1 rings (SSSR count). The standard InChI is InChI=1S/C13H22N4O/c1-18-10-9-17(8-5-13(14)15)7-4-12-3-2-6-16-11-12/h2-3,6,11H,4-5,7-10H2,1H3,(H3,14,15). The molecule has 0 aliphatic heterocycles. The summed E-state index contributed by atoms with van der Waals surface area (Å²) in [6.07, 6.45) is 5.23. The summed E-state index contributed by atoms with van der Waals surface area (Å²) in [5.41, 5.74) is 6.62. The summed E-state index contributed by atoms with van der Waals surface area (Å²) in [6, 6.07) is 4.02. The van der Waals surface area contributed by atoms with E-state index < -0.39 is 0 Å². The Kier molecular flexibility index (Phi) is 6.98. The number of ether oxygens (including phenoxy) is 1. The predicted molar refractivity (Wildman–Crippen MR) is 72.8 cm³/mol. The third kappa shape index (κ3) is 6.32. The van der Waals surface area contributed by atoms with Gasteiger partial charge in [-0.1, -0.05) is 6.07 Å². The van der Waals surface area contributed by atoms with Gasteiger partial charge in [0.2, 0.25) is 0 Å². The number of nitrogens with one attached hydrogen (secondary N) is 1. The smallest absolute Gasteiger partial charge is 0.0918 e. The van der Waals surface area contributed by atoms with Gasteiger partial charge in [-0.3, -0.25) is 10.4 Å². The lowest BCUT2D eigenvalue weighted by molar-refractivity contribution is 0.150. The van der Waals surface area contributed by atoms with Gasteiger partial charge in [0.1, 0.15) is 0 Å². The first-order valence-corrected chi connectivity index (χ1v) is 6.15. The molecule has 0 saturated heterocycles. The van der Waals surface area contributed by atoms with Crippen molar-refractivity contribution in [2.75, 3.05) is 33.4 Å². The van der Waals surface area contributed by atoms with Gasteiger partial charge < -0.3 is 15.4 Å². The molecular weight excluding hydrogens is 228 g/mol. The normalized spacial score (nSPS) is 10.8. The lowest BCUT2D eigenvalue weighted by Crippen LogP contribution is -2.32. The van der Waals surface area contributed by atoms with E-state index in [4.69, 9.17) is 15.9 Å². The van der Waals surface area contributed by atoms with Crippen LogP contribution >= 0.6 is 0 Å². The summed E-state index contributed by atoms with van der Waals surface area (Å²) < 4.78 is 5.09. The van der Waals surface area contributed by atoms with Gasteiger partial charge in [0.05, 0.1) is 12.4 Å². The van der Waals surface area contributed by atoms with Crippen molar-refractivity contribution in [2.24, 2.45) is 5.73 Å². The molecule has 0 atom stereocenters. The van der Waals surface area contributed by atoms with E-state index in [1.165, 1.54) is 5.56 Å². The molecule has 0 radical (unpaired) electrons. The van der Waals surface area contributed by atoms with Crippen molar-refractivity contribution >= 4 is 5.84 Å². The zero-order valence-electron chi connectivity index (χ0n) is 10.9. The van der Waals surface area contributed by atoms with Gasteiger partial charge in [-0.15, -0.1) is 0 Å². The van der Waals surface area contributed by atoms with E-state index in [1.54, 1.807) is 13.3 Å². The number of aromatic nitrogens is 1. The Morgan fingerprint density at radius 2 is 2.28 bits per heavy atom. The molecule has 0 spiro atoms. The fourth-order valence-corrected chi connectivity index (χ4v) is 1.67. The summed E-state index contributed by atoms with van der Waals surface area (Å²) >= 11 is 0. The maximum absolute atomic E-state index is 7.27. The second kappa shape index (κ2) is 8.60. The molecule has 0 aliphatic rings. The summed E-state index contributed by atoms with van der Waals surface area (Å²) in [5.74, 6) is 0.235. The van der Waals surface area contributed by atoms with Crippen molar-refractivity contribution in [1.29, 1.82) is 5.41 Å². The van der Waals surface area contributed by atoms with Crippen molar-refractivity contribution in [3.8, 4) is 0 Å². The SMILES string of the molecule is COCCN(CCC(=N)N)CCc1cccnc1. The molecule has 5 heteroatoms. The van der Waals surface area contributed by atoms with Crippen LogP contribution < -0.4 is 5.73 Å². The highest BCUT2D eigenvalue weighted by Gasteiger charge is 2.05. The Balaban J connectivity index is 2.37. The molecule has 18 heavy (non-hydrogen) atoms. The van der Waals surface area contributed by atoms with Crippen molar-refractivity contribution in [2.45, 2.75) is 12.8 Å². The van der Waals surface area contributed by atoms with Crippen molar-refractivity contribution in [1.82, 2.24) is 9.88 Å². The number of nitrogens with two attached hydrogens (primary N) is 1. The summed E-state index contributed by atoms with van der Waals surface area (Å²) in [5, 5.41) is 7.27. The molecule has 1 aromatic heterocycles. The Hall–Kier alpha value is -1.46. The highest BCUT2D eigenvalue weighted by Crippen LogP contribution is 2.00. The minimum atomic E-state index is 0.235. The third-order valence-corrected chi connectivity index (χ3v) is 2.75. The van der Waals surface area contributed by atoms with Crippen LogP contribution in [-0.4, -0.2) is 49.1 Å². The molecule has 0 saturated carbocycles. The predicted octanol–water partition coefficient (Wildman–Crippen LogP) is 0.899. The summed E-state index contributed by atoms with van der Waals surface area (Å²) in [7, 11) is 1.70. The van der Waals surface area contributed by atoms with Crippen LogP contribution in [0.25, 0.3) is 0 Å². The number of nitrogens with zero attached hydrogens (tertiary/aromatic N) is 2. The molecule has 5 nitrogen and oxygen atoms in total. The van der Waals surface area contributed by atoms with Crippen LogP contribution in [0.1, 0.15) is 12.0 Å². The van der Waals surface area contributed by atoms with Crippen molar-refractivity contribution in [3.05, 3.63) is 30.1 Å². The number of pyridine rings is 1. The van der Waals surface area contributed by atoms with Gasteiger partial charge in [-0.2, -0.15) is 0 Å². The van der Waals surface area contributed by atoms with E-state index in [0.717, 1.165) is 26.1 Å². The van der Waals surface area contributed by atoms with Gasteiger partial charge in [0, 0.05) is 45.6 Å². The minimum absolute atomic E-state index is 0.235. The number of hydrogen-bond acceptors (Lipinski definition) is 4. The monoisotopic (exact) mass is 250 g/mol. The lowest BCUT2D eigenvalue weighted by Gasteiger charge is -2.21. The van der Waals surface area contributed by atoms with E-state index in [-0.39, 0.29) is 5.84 Å². The van der Waals surface area contributed by atoms with Crippen LogP contribution in [0, 0.1) is 5.41 Å². The molecule has 0 bridgehead atoms. The molecule has 0 aromatic carbocycles. The van der Waals surface area contributed by atoms with Crippen LogP contribution in [0.2, 0.25) is 0 Å². The zero-order valence-corrected chi connectivity index (χ0v) is 10.9. The molecule has 1 aromatic rings. The van der Waals surface area contributed by atoms with Gasteiger partial charge >= 0.3 is 0 Å². The molecule has 3 N–H and O–H groups in total. The van der Waals surface area contributed by atoms with E-state index in [1.807, 2.05) is 12.3 Å². The summed E-state index contributed by atoms with van der Waals surface area (Å²) in [4.78, 5) is 6.36. The van der Waals surface area contributed by atoms with Crippen molar-refractivity contribution in [3.63, 3.8) is 0 Å². The first kappa shape index (κ1) is 14.6. The average molecular weight is 250 g/mol. The number of rotatable bonds is 9. The Bertz CT molecular complexity index is 342. The van der Waals surface area contributed by atoms with Crippen molar-refractivity contribution < 1.29 is 4.74 Å². The van der Waals surface area contributed by atoms with Crippen LogP contribution in [0.15, 0.2) is 24.5 Å². The fourth-order valence-electron chi connectivity index (χ4n) is 1.67. The molecule has 100 valence electrons. The number of hydrogen-bond donors (Lipinski definition) is 2. The van der Waals surface area contributed by atoms with Crippen LogP contribution in [0.3, 0.4) is 0 Å². The first-order valence-electron chi connectivity index (χ1n) is 6.15. The van der Waals surface area contributed by atoms with Crippen LogP contribution in [0.4, 0.5) is 0 Å². The fraction of sp³-hybridized carbons (Fsp3) is 0.538. The van der Waals surface area contributed by atoms with Crippen LogP contribution in [-0.2, 0) is 11.2 Å². The molecule has 0 unspecified atom stereocenters. The average Bonchev–Trinajstić information content (AvgIpc) is 2.39. The highest BCUT2D eigenvalue weighted by molar-refractivity contribution is 5.76. The Morgan fingerprint density at radius 3 is 2.89 bits per heavy atom. The van der Waals surface area contributed by atoms with Gasteiger partial charge in [0.15, 0.2) is 0 Å². The zero-order chi connectivity index (χ0) is 13.2. The highest BCUT2D eigenvalue weighted by atomic mass is 16.5. The van der Waals surface area contributed by atoms with Crippen LogP contribution in [0.5, 0.6) is 0 Å². The molecular formula is C13H22N4O.